The number of anilines is 1. The van der Waals surface area contributed by atoms with Crippen molar-refractivity contribution in [3.8, 4) is 6.01 Å². The zero-order valence-electron chi connectivity index (χ0n) is 13.8. The molecule has 24 heavy (non-hydrogen) atoms. The number of aromatic nitrogens is 4. The molecular weight excluding hydrogens is 376 g/mol. The maximum Gasteiger partial charge on any atom is 0.320 e. The zero-order valence-corrected chi connectivity index (χ0v) is 15.4. The molecule has 3 rings (SSSR count). The minimum absolute atomic E-state index is 0.197. The number of morpholine rings is 1. The van der Waals surface area contributed by atoms with Crippen LogP contribution in [0, 0.1) is 0 Å². The summed E-state index contributed by atoms with van der Waals surface area (Å²) in [5.41, 5.74) is 7.30. The molecule has 8 nitrogen and oxygen atoms in total. The Hall–Kier alpha value is -1.45. The Balaban J connectivity index is 1.79. The van der Waals surface area contributed by atoms with E-state index in [1.54, 1.807) is 0 Å². The van der Waals surface area contributed by atoms with E-state index in [0.29, 0.717) is 34.3 Å². The molecule has 1 aliphatic rings. The third-order valence-corrected chi connectivity index (χ3v) is 4.57. The van der Waals surface area contributed by atoms with Gasteiger partial charge in [0.2, 0.25) is 0 Å². The molecule has 0 aliphatic carbocycles. The van der Waals surface area contributed by atoms with Gasteiger partial charge in [-0.2, -0.15) is 9.97 Å². The Bertz CT molecular complexity index is 686. The summed E-state index contributed by atoms with van der Waals surface area (Å²) in [4.78, 5) is 13.1. The van der Waals surface area contributed by atoms with Crippen LogP contribution in [-0.2, 0) is 11.3 Å². The van der Waals surface area contributed by atoms with E-state index in [-0.39, 0.29) is 6.10 Å². The first-order valence-corrected chi connectivity index (χ1v) is 9.12. The standard InChI is InChI=1S/C15H23BrN6O2/c1-2-3-7-24-15-20-12(17)11-13(21-15)22(14(16)19-11)6-4-10-9-18-5-8-23-10/h10,18H,2-9H2,1H3,(H2,17,20,21). The fraction of sp³-hybridized carbons (Fsp3) is 0.667. The van der Waals surface area contributed by atoms with E-state index in [4.69, 9.17) is 15.2 Å². The molecule has 2 aromatic rings. The van der Waals surface area contributed by atoms with Crippen molar-refractivity contribution in [3.63, 3.8) is 0 Å². The van der Waals surface area contributed by atoms with Gasteiger partial charge in [-0.15, -0.1) is 0 Å². The molecule has 0 radical (unpaired) electrons. The molecule has 1 saturated heterocycles. The smallest absolute Gasteiger partial charge is 0.320 e. The highest BCUT2D eigenvalue weighted by molar-refractivity contribution is 9.10. The Morgan fingerprint density at radius 3 is 3.04 bits per heavy atom. The van der Waals surface area contributed by atoms with Crippen LogP contribution in [0.15, 0.2) is 4.73 Å². The number of hydrogen-bond donors (Lipinski definition) is 2. The molecule has 3 N–H and O–H groups in total. The summed E-state index contributed by atoms with van der Waals surface area (Å²) >= 11 is 3.49. The number of nitrogens with zero attached hydrogens (tertiary/aromatic N) is 4. The van der Waals surface area contributed by atoms with E-state index in [1.165, 1.54) is 0 Å². The Labute approximate surface area is 149 Å². The number of aryl methyl sites for hydroxylation is 1. The molecule has 0 bridgehead atoms. The third kappa shape index (κ3) is 3.96. The van der Waals surface area contributed by atoms with E-state index in [2.05, 4.69) is 43.1 Å². The Morgan fingerprint density at radius 2 is 2.29 bits per heavy atom. The van der Waals surface area contributed by atoms with Crippen LogP contribution in [-0.4, -0.2) is 51.9 Å². The van der Waals surface area contributed by atoms with Crippen molar-refractivity contribution in [2.45, 2.75) is 38.8 Å². The maximum absolute atomic E-state index is 6.02. The van der Waals surface area contributed by atoms with Crippen LogP contribution < -0.4 is 15.8 Å². The van der Waals surface area contributed by atoms with E-state index in [9.17, 15) is 0 Å². The quantitative estimate of drug-likeness (QED) is 0.540. The number of fused-ring (bicyclic) bond motifs is 1. The summed E-state index contributed by atoms with van der Waals surface area (Å²) in [7, 11) is 0. The molecule has 1 atom stereocenters. The van der Waals surface area contributed by atoms with Crippen molar-refractivity contribution in [2.24, 2.45) is 0 Å². The normalized spacial score (nSPS) is 18.2. The average molecular weight is 399 g/mol. The fourth-order valence-corrected chi connectivity index (χ4v) is 3.15. The zero-order chi connectivity index (χ0) is 16.9. The van der Waals surface area contributed by atoms with Crippen LogP contribution in [0.2, 0.25) is 0 Å². The van der Waals surface area contributed by atoms with Gasteiger partial charge in [0, 0.05) is 19.6 Å². The number of unbranched alkanes of at least 4 members (excludes halogenated alkanes) is 1. The molecule has 2 aromatic heterocycles. The van der Waals surface area contributed by atoms with Gasteiger partial charge < -0.3 is 25.1 Å². The van der Waals surface area contributed by atoms with E-state index < -0.39 is 0 Å². The van der Waals surface area contributed by atoms with Crippen LogP contribution >= 0.6 is 15.9 Å². The number of nitrogens with two attached hydrogens (primary N) is 1. The lowest BCUT2D eigenvalue weighted by Gasteiger charge is -2.23. The number of ether oxygens (including phenoxy) is 2. The van der Waals surface area contributed by atoms with Crippen molar-refractivity contribution in [1.82, 2.24) is 24.8 Å². The highest BCUT2D eigenvalue weighted by atomic mass is 79.9. The van der Waals surface area contributed by atoms with Crippen LogP contribution in [0.1, 0.15) is 26.2 Å². The number of halogens is 1. The van der Waals surface area contributed by atoms with Crippen molar-refractivity contribution >= 4 is 32.9 Å². The van der Waals surface area contributed by atoms with E-state index in [1.807, 2.05) is 4.57 Å². The number of nitrogen functional groups attached to an aromatic ring is 1. The minimum Gasteiger partial charge on any atom is -0.463 e. The average Bonchev–Trinajstić information content (AvgIpc) is 2.90. The van der Waals surface area contributed by atoms with E-state index >= 15 is 0 Å². The van der Waals surface area contributed by atoms with Crippen LogP contribution in [0.25, 0.3) is 11.2 Å². The lowest BCUT2D eigenvalue weighted by molar-refractivity contribution is 0.0211. The van der Waals surface area contributed by atoms with Crippen LogP contribution in [0.3, 0.4) is 0 Å². The lowest BCUT2D eigenvalue weighted by Crippen LogP contribution is -2.38. The molecule has 0 saturated carbocycles. The van der Waals surface area contributed by atoms with Gasteiger partial charge in [-0.3, -0.25) is 0 Å². The van der Waals surface area contributed by atoms with Gasteiger partial charge in [-0.05, 0) is 28.8 Å². The van der Waals surface area contributed by atoms with Gasteiger partial charge in [-0.1, -0.05) is 13.3 Å². The molecule has 1 unspecified atom stereocenters. The number of nitrogens with one attached hydrogen (secondary N) is 1. The van der Waals surface area contributed by atoms with Gasteiger partial charge in [0.1, 0.15) is 0 Å². The highest BCUT2D eigenvalue weighted by Gasteiger charge is 2.18. The number of imidazole rings is 1. The monoisotopic (exact) mass is 398 g/mol. The van der Waals surface area contributed by atoms with Gasteiger partial charge in [0.15, 0.2) is 21.7 Å². The second kappa shape index (κ2) is 8.09. The van der Waals surface area contributed by atoms with Gasteiger partial charge in [0.25, 0.3) is 0 Å². The summed E-state index contributed by atoms with van der Waals surface area (Å²) in [5, 5.41) is 3.34. The molecule has 1 fully saturated rings. The van der Waals surface area contributed by atoms with Crippen molar-refractivity contribution in [1.29, 1.82) is 0 Å². The molecular formula is C15H23BrN6O2. The predicted octanol–water partition coefficient (Wildman–Crippen LogP) is 1.73. The van der Waals surface area contributed by atoms with Crippen LogP contribution in [0.5, 0.6) is 6.01 Å². The topological polar surface area (TPSA) is 100 Å². The highest BCUT2D eigenvalue weighted by Crippen LogP contribution is 2.25. The summed E-state index contributed by atoms with van der Waals surface area (Å²) in [5.74, 6) is 0.335. The van der Waals surface area contributed by atoms with Crippen LogP contribution in [0.4, 0.5) is 5.82 Å². The fourth-order valence-electron chi connectivity index (χ4n) is 2.62. The largest absolute Gasteiger partial charge is 0.463 e. The SMILES string of the molecule is CCCCOc1nc(N)c2nc(Br)n(CCC3CNCCO3)c2n1. The predicted molar refractivity (Wildman–Crippen MR) is 95.1 cm³/mol. The Morgan fingerprint density at radius 1 is 1.42 bits per heavy atom. The summed E-state index contributed by atoms with van der Waals surface area (Å²) in [6, 6.07) is 0.303. The molecule has 1 aliphatic heterocycles. The van der Waals surface area contributed by atoms with Gasteiger partial charge in [0.05, 0.1) is 19.3 Å². The summed E-state index contributed by atoms with van der Waals surface area (Å²) in [6.45, 7) is 5.95. The molecule has 3 heterocycles. The van der Waals surface area contributed by atoms with E-state index in [0.717, 1.165) is 45.5 Å². The van der Waals surface area contributed by atoms with Crippen molar-refractivity contribution in [2.75, 3.05) is 32.0 Å². The molecule has 132 valence electrons. The second-order valence-corrected chi connectivity index (χ2v) is 6.49. The Kier molecular flexibility index (Phi) is 5.85. The van der Waals surface area contributed by atoms with Crippen molar-refractivity contribution in [3.05, 3.63) is 4.73 Å². The number of hydrogen-bond acceptors (Lipinski definition) is 7. The van der Waals surface area contributed by atoms with Gasteiger partial charge in [-0.25, -0.2) is 4.98 Å². The maximum atomic E-state index is 6.02. The first-order chi connectivity index (χ1) is 11.7. The third-order valence-electron chi connectivity index (χ3n) is 3.96. The summed E-state index contributed by atoms with van der Waals surface area (Å²) in [6.07, 6.45) is 3.07. The van der Waals surface area contributed by atoms with Gasteiger partial charge >= 0.3 is 6.01 Å². The first-order valence-electron chi connectivity index (χ1n) is 8.33. The molecule has 0 aromatic carbocycles. The summed E-state index contributed by atoms with van der Waals surface area (Å²) < 4.78 is 14.0. The second-order valence-electron chi connectivity index (χ2n) is 5.78. The number of rotatable bonds is 7. The lowest BCUT2D eigenvalue weighted by atomic mass is 10.2. The molecule has 0 amide bonds. The van der Waals surface area contributed by atoms with Crippen molar-refractivity contribution < 1.29 is 9.47 Å². The minimum atomic E-state index is 0.197. The molecule has 0 spiro atoms. The molecule has 9 heteroatoms. The first kappa shape index (κ1) is 17.4.